The van der Waals surface area contributed by atoms with Crippen molar-refractivity contribution in [1.82, 2.24) is 5.32 Å². The fraction of sp³-hybridized carbons (Fsp3) is 0.333. The van der Waals surface area contributed by atoms with Gasteiger partial charge in [-0.15, -0.1) is 12.4 Å². The summed E-state index contributed by atoms with van der Waals surface area (Å²) >= 11 is 6.30. The summed E-state index contributed by atoms with van der Waals surface area (Å²) in [5.74, 6) is 0.942. The number of ether oxygens (including phenoxy) is 1. The molecule has 3 aromatic carbocycles. The molecular weight excluding hydrogens is 389 g/mol. The molecule has 3 aromatic rings. The van der Waals surface area contributed by atoms with Crippen molar-refractivity contribution in [2.45, 2.75) is 51.3 Å². The maximum atomic E-state index is 6.30. The second kappa shape index (κ2) is 10.2. The van der Waals surface area contributed by atoms with Gasteiger partial charge in [0.25, 0.3) is 0 Å². The summed E-state index contributed by atoms with van der Waals surface area (Å²) in [5, 5.41) is 7.04. The van der Waals surface area contributed by atoms with E-state index in [1.54, 1.807) is 0 Å². The van der Waals surface area contributed by atoms with Crippen LogP contribution >= 0.6 is 24.0 Å². The second-order valence-electron chi connectivity index (χ2n) is 7.36. The maximum Gasteiger partial charge on any atom is 0.124 e. The van der Waals surface area contributed by atoms with Crippen LogP contribution in [-0.2, 0) is 13.2 Å². The van der Waals surface area contributed by atoms with Crippen molar-refractivity contribution >= 4 is 34.8 Å². The first kappa shape index (κ1) is 21.0. The van der Waals surface area contributed by atoms with Gasteiger partial charge in [-0.25, -0.2) is 0 Å². The summed E-state index contributed by atoms with van der Waals surface area (Å²) in [6.07, 6.45) is 6.60. The highest BCUT2D eigenvalue weighted by atomic mass is 35.5. The van der Waals surface area contributed by atoms with Crippen LogP contribution in [0.15, 0.2) is 60.7 Å². The van der Waals surface area contributed by atoms with Crippen molar-refractivity contribution in [3.05, 3.63) is 76.8 Å². The molecule has 1 aliphatic carbocycles. The summed E-state index contributed by atoms with van der Waals surface area (Å²) in [6, 6.07) is 21.3. The van der Waals surface area contributed by atoms with E-state index in [-0.39, 0.29) is 12.4 Å². The van der Waals surface area contributed by atoms with E-state index in [1.807, 2.05) is 24.3 Å². The molecule has 1 fully saturated rings. The summed E-state index contributed by atoms with van der Waals surface area (Å²) in [6.45, 7) is 1.32. The van der Waals surface area contributed by atoms with Crippen molar-refractivity contribution in [2.75, 3.05) is 0 Å². The summed E-state index contributed by atoms with van der Waals surface area (Å²) in [4.78, 5) is 0. The van der Waals surface area contributed by atoms with Crippen LogP contribution in [0.1, 0.15) is 43.2 Å². The summed E-state index contributed by atoms with van der Waals surface area (Å²) in [7, 11) is 0. The maximum absolute atomic E-state index is 6.30. The quantitative estimate of drug-likeness (QED) is 0.471. The predicted octanol–water partition coefficient (Wildman–Crippen LogP) is 6.92. The SMILES string of the molecule is Cl.Clc1ccccc1COc1ccc2ccccc2c1CNC1CCCCC1. The highest BCUT2D eigenvalue weighted by molar-refractivity contribution is 6.31. The van der Waals surface area contributed by atoms with Gasteiger partial charge >= 0.3 is 0 Å². The highest BCUT2D eigenvalue weighted by Crippen LogP contribution is 2.30. The summed E-state index contributed by atoms with van der Waals surface area (Å²) < 4.78 is 6.23. The van der Waals surface area contributed by atoms with Crippen LogP contribution in [0.2, 0.25) is 5.02 Å². The van der Waals surface area contributed by atoms with E-state index in [9.17, 15) is 0 Å². The van der Waals surface area contributed by atoms with E-state index in [1.165, 1.54) is 48.4 Å². The fourth-order valence-corrected chi connectivity index (χ4v) is 4.15. The zero-order chi connectivity index (χ0) is 18.5. The third kappa shape index (κ3) is 5.00. The van der Waals surface area contributed by atoms with Gasteiger partial charge in [-0.05, 0) is 35.7 Å². The molecule has 4 heteroatoms. The van der Waals surface area contributed by atoms with E-state index in [2.05, 4.69) is 41.7 Å². The number of hydrogen-bond donors (Lipinski definition) is 1. The molecule has 0 unspecified atom stereocenters. The van der Waals surface area contributed by atoms with Crippen molar-refractivity contribution in [3.63, 3.8) is 0 Å². The largest absolute Gasteiger partial charge is 0.488 e. The molecule has 0 aromatic heterocycles. The van der Waals surface area contributed by atoms with Crippen LogP contribution in [0, 0.1) is 0 Å². The Bertz CT molecular complexity index is 906. The molecule has 0 atom stereocenters. The minimum Gasteiger partial charge on any atom is -0.488 e. The number of fused-ring (bicyclic) bond motifs is 1. The fourth-order valence-electron chi connectivity index (χ4n) is 3.96. The molecule has 0 bridgehead atoms. The van der Waals surface area contributed by atoms with Crippen LogP contribution in [0.25, 0.3) is 10.8 Å². The number of halogens is 2. The van der Waals surface area contributed by atoms with E-state index in [0.29, 0.717) is 12.6 Å². The Morgan fingerprint density at radius 3 is 2.46 bits per heavy atom. The molecule has 28 heavy (non-hydrogen) atoms. The minimum absolute atomic E-state index is 0. The van der Waals surface area contributed by atoms with E-state index >= 15 is 0 Å². The van der Waals surface area contributed by atoms with Crippen molar-refractivity contribution in [3.8, 4) is 5.75 Å². The molecule has 0 amide bonds. The molecule has 2 nitrogen and oxygen atoms in total. The van der Waals surface area contributed by atoms with Gasteiger partial charge in [-0.2, -0.15) is 0 Å². The lowest BCUT2D eigenvalue weighted by Crippen LogP contribution is -2.30. The predicted molar refractivity (Wildman–Crippen MR) is 121 cm³/mol. The van der Waals surface area contributed by atoms with Gasteiger partial charge < -0.3 is 10.1 Å². The Labute approximate surface area is 178 Å². The highest BCUT2D eigenvalue weighted by Gasteiger charge is 2.15. The Morgan fingerprint density at radius 1 is 0.893 bits per heavy atom. The molecular formula is C24H27Cl2NO. The molecule has 0 spiro atoms. The van der Waals surface area contributed by atoms with Crippen molar-refractivity contribution in [2.24, 2.45) is 0 Å². The Kier molecular flexibility index (Phi) is 7.61. The van der Waals surface area contributed by atoms with Crippen LogP contribution in [-0.4, -0.2) is 6.04 Å². The standard InChI is InChI=1S/C24H26ClNO.ClH/c25-23-13-7-5-9-19(23)17-27-24-15-14-18-8-4-6-12-21(18)22(24)16-26-20-10-2-1-3-11-20;/h4-9,12-15,20,26H,1-3,10-11,16-17H2;1H. The van der Waals surface area contributed by atoms with E-state index < -0.39 is 0 Å². The minimum atomic E-state index is 0. The van der Waals surface area contributed by atoms with E-state index in [4.69, 9.17) is 16.3 Å². The first-order valence-corrected chi connectivity index (χ1v) is 10.3. The topological polar surface area (TPSA) is 21.3 Å². The second-order valence-corrected chi connectivity index (χ2v) is 7.77. The normalized spacial score (nSPS) is 14.6. The average Bonchev–Trinajstić information content (AvgIpc) is 2.72. The van der Waals surface area contributed by atoms with E-state index in [0.717, 1.165) is 22.9 Å². The number of nitrogens with one attached hydrogen (secondary N) is 1. The zero-order valence-corrected chi connectivity index (χ0v) is 17.6. The molecule has 0 aliphatic heterocycles. The number of rotatable bonds is 6. The van der Waals surface area contributed by atoms with Gasteiger partial charge in [-0.1, -0.05) is 79.4 Å². The lowest BCUT2D eigenvalue weighted by atomic mass is 9.95. The lowest BCUT2D eigenvalue weighted by Gasteiger charge is -2.24. The van der Waals surface area contributed by atoms with Crippen LogP contribution < -0.4 is 10.1 Å². The van der Waals surface area contributed by atoms with Gasteiger partial charge in [0.15, 0.2) is 0 Å². The van der Waals surface area contributed by atoms with Gasteiger partial charge in [0, 0.05) is 28.7 Å². The molecule has 1 saturated carbocycles. The average molecular weight is 416 g/mol. The first-order chi connectivity index (χ1) is 13.3. The molecule has 0 radical (unpaired) electrons. The smallest absolute Gasteiger partial charge is 0.124 e. The molecule has 0 heterocycles. The lowest BCUT2D eigenvalue weighted by molar-refractivity contribution is 0.300. The van der Waals surface area contributed by atoms with Crippen LogP contribution in [0.4, 0.5) is 0 Å². The monoisotopic (exact) mass is 415 g/mol. The van der Waals surface area contributed by atoms with Crippen molar-refractivity contribution in [1.29, 1.82) is 0 Å². The third-order valence-corrected chi connectivity index (χ3v) is 5.88. The molecule has 1 N–H and O–H groups in total. The zero-order valence-electron chi connectivity index (χ0n) is 16.0. The first-order valence-electron chi connectivity index (χ1n) is 9.91. The van der Waals surface area contributed by atoms with Crippen LogP contribution in [0.3, 0.4) is 0 Å². The molecule has 1 aliphatic rings. The molecule has 0 saturated heterocycles. The number of benzene rings is 3. The van der Waals surface area contributed by atoms with Gasteiger partial charge in [0.2, 0.25) is 0 Å². The Balaban J connectivity index is 0.00000225. The van der Waals surface area contributed by atoms with Gasteiger partial charge in [0.1, 0.15) is 12.4 Å². The Morgan fingerprint density at radius 2 is 1.64 bits per heavy atom. The van der Waals surface area contributed by atoms with Crippen LogP contribution in [0.5, 0.6) is 5.75 Å². The third-order valence-electron chi connectivity index (χ3n) is 5.51. The van der Waals surface area contributed by atoms with Gasteiger partial charge in [0.05, 0.1) is 0 Å². The molecule has 4 rings (SSSR count). The summed E-state index contributed by atoms with van der Waals surface area (Å²) in [5.41, 5.74) is 2.25. The molecule has 148 valence electrons. The van der Waals surface area contributed by atoms with Crippen molar-refractivity contribution < 1.29 is 4.74 Å². The van der Waals surface area contributed by atoms with Gasteiger partial charge in [-0.3, -0.25) is 0 Å². The number of hydrogen-bond acceptors (Lipinski definition) is 2. The Hall–Kier alpha value is -1.74.